The Bertz CT molecular complexity index is 342. The van der Waals surface area contributed by atoms with Gasteiger partial charge in [0.05, 0.1) is 0 Å². The number of aromatic amines is 1. The molecule has 13 heavy (non-hydrogen) atoms. The molecule has 0 aromatic carbocycles. The number of hydrogen-bond acceptors (Lipinski definition) is 3. The minimum absolute atomic E-state index is 0.130. The first-order valence-corrected chi connectivity index (χ1v) is 4.94. The fourth-order valence-corrected chi connectivity index (χ4v) is 1.34. The molecule has 0 fully saturated rings. The van der Waals surface area contributed by atoms with Gasteiger partial charge in [-0.2, -0.15) is 0 Å². The van der Waals surface area contributed by atoms with Crippen LogP contribution in [-0.4, -0.2) is 16.3 Å². The average Bonchev–Trinajstić information content (AvgIpc) is 2.51. The summed E-state index contributed by atoms with van der Waals surface area (Å²) in [5.41, 5.74) is 0.343. The van der Waals surface area contributed by atoms with E-state index >= 15 is 0 Å². The van der Waals surface area contributed by atoms with E-state index in [-0.39, 0.29) is 16.7 Å². The highest BCUT2D eigenvalue weighted by Crippen LogP contribution is 1.95. The fraction of sp³-hybridized carbons (Fsp3) is 0.500. The van der Waals surface area contributed by atoms with E-state index in [4.69, 9.17) is 0 Å². The maximum absolute atomic E-state index is 11.4. The molecule has 0 aliphatic heterocycles. The zero-order chi connectivity index (χ0) is 9.84. The summed E-state index contributed by atoms with van der Waals surface area (Å²) in [7, 11) is 0. The van der Waals surface area contributed by atoms with E-state index in [1.807, 2.05) is 13.8 Å². The maximum atomic E-state index is 11.4. The van der Waals surface area contributed by atoms with Crippen LogP contribution < -0.4 is 10.1 Å². The average molecular weight is 200 g/mol. The van der Waals surface area contributed by atoms with Crippen molar-refractivity contribution < 1.29 is 4.79 Å². The number of rotatable bonds is 3. The molecule has 0 aliphatic carbocycles. The molecule has 1 heterocycles. The van der Waals surface area contributed by atoms with Crippen molar-refractivity contribution >= 4 is 17.4 Å². The molecule has 0 bridgehead atoms. The Morgan fingerprint density at radius 2 is 2.46 bits per heavy atom. The zero-order valence-electron chi connectivity index (χ0n) is 7.59. The van der Waals surface area contributed by atoms with Crippen LogP contribution in [0.15, 0.2) is 10.9 Å². The van der Waals surface area contributed by atoms with Crippen LogP contribution in [0.1, 0.15) is 30.8 Å². The van der Waals surface area contributed by atoms with Crippen LogP contribution in [0.5, 0.6) is 0 Å². The van der Waals surface area contributed by atoms with Crippen molar-refractivity contribution in [2.24, 2.45) is 0 Å². The summed E-state index contributed by atoms with van der Waals surface area (Å²) in [5.74, 6) is -0.215. The summed E-state index contributed by atoms with van der Waals surface area (Å²) < 4.78 is 2.52. The summed E-state index contributed by atoms with van der Waals surface area (Å²) in [6.07, 6.45) is 0.875. The number of hydrogen-bond donors (Lipinski definition) is 2. The summed E-state index contributed by atoms with van der Waals surface area (Å²) in [6.45, 7) is 3.91. The molecule has 4 nitrogen and oxygen atoms in total. The van der Waals surface area contributed by atoms with Gasteiger partial charge in [-0.05, 0) is 24.9 Å². The molecule has 0 spiro atoms. The molecule has 1 aromatic heterocycles. The molecule has 0 aliphatic rings. The Labute approximate surface area is 80.1 Å². The van der Waals surface area contributed by atoms with Gasteiger partial charge in [0.2, 0.25) is 4.74 Å². The third-order valence-corrected chi connectivity index (χ3v) is 2.40. The lowest BCUT2D eigenvalue weighted by atomic mass is 10.2. The highest BCUT2D eigenvalue weighted by molar-refractivity contribution is 7.03. The van der Waals surface area contributed by atoms with Crippen LogP contribution in [0.3, 0.4) is 0 Å². The second kappa shape index (κ2) is 4.23. The second-order valence-corrected chi connectivity index (χ2v) is 3.67. The third-order valence-electron chi connectivity index (χ3n) is 1.76. The van der Waals surface area contributed by atoms with Gasteiger partial charge in [0, 0.05) is 12.1 Å². The minimum atomic E-state index is -0.215. The van der Waals surface area contributed by atoms with Crippen molar-refractivity contribution in [3.05, 3.63) is 21.3 Å². The Hall–Kier alpha value is -1.10. The van der Waals surface area contributed by atoms with Crippen LogP contribution in [0, 0.1) is 0 Å². The molecular formula is C8H12N2O2S. The van der Waals surface area contributed by atoms with E-state index in [0.717, 1.165) is 18.0 Å². The molecule has 0 radical (unpaired) electrons. The molecular weight excluding hydrogens is 188 g/mol. The number of carbonyl (C=O) groups excluding carboxylic acids is 1. The van der Waals surface area contributed by atoms with Gasteiger partial charge in [-0.15, -0.1) is 0 Å². The Balaban J connectivity index is 2.64. The first-order valence-electron chi connectivity index (χ1n) is 4.13. The lowest BCUT2D eigenvalue weighted by Gasteiger charge is -2.09. The van der Waals surface area contributed by atoms with Crippen molar-refractivity contribution in [3.8, 4) is 0 Å². The molecule has 1 atom stereocenters. The van der Waals surface area contributed by atoms with Crippen molar-refractivity contribution in [2.75, 3.05) is 0 Å². The number of nitrogens with one attached hydrogen (secondary N) is 2. The van der Waals surface area contributed by atoms with Crippen LogP contribution in [0.2, 0.25) is 0 Å². The van der Waals surface area contributed by atoms with Crippen LogP contribution in [-0.2, 0) is 0 Å². The van der Waals surface area contributed by atoms with Crippen molar-refractivity contribution in [1.29, 1.82) is 0 Å². The standard InChI is InChI=1S/C8H12N2O2S/c1-3-5(2)9-8(12)6-4-7(11)13-10-6/h4-5,10H,3H2,1-2H3,(H,9,12). The van der Waals surface area contributed by atoms with Gasteiger partial charge in [0.1, 0.15) is 5.69 Å². The van der Waals surface area contributed by atoms with Crippen molar-refractivity contribution in [3.63, 3.8) is 0 Å². The minimum Gasteiger partial charge on any atom is -0.348 e. The molecule has 1 unspecified atom stereocenters. The van der Waals surface area contributed by atoms with Gasteiger partial charge in [-0.3, -0.25) is 9.59 Å². The second-order valence-electron chi connectivity index (χ2n) is 2.86. The number of H-pyrrole nitrogens is 1. The van der Waals surface area contributed by atoms with Crippen molar-refractivity contribution in [1.82, 2.24) is 9.69 Å². The van der Waals surface area contributed by atoms with Gasteiger partial charge in [0.15, 0.2) is 0 Å². The van der Waals surface area contributed by atoms with E-state index in [1.54, 1.807) is 0 Å². The number of amides is 1. The zero-order valence-corrected chi connectivity index (χ0v) is 8.40. The van der Waals surface area contributed by atoms with E-state index in [9.17, 15) is 9.59 Å². The van der Waals surface area contributed by atoms with Crippen LogP contribution >= 0.6 is 11.5 Å². The van der Waals surface area contributed by atoms with E-state index in [1.165, 1.54) is 6.07 Å². The largest absolute Gasteiger partial charge is 0.348 e. The van der Waals surface area contributed by atoms with Crippen LogP contribution in [0.25, 0.3) is 0 Å². The van der Waals surface area contributed by atoms with Crippen molar-refractivity contribution in [2.45, 2.75) is 26.3 Å². The molecule has 0 saturated carbocycles. The molecule has 1 rings (SSSR count). The van der Waals surface area contributed by atoms with Crippen LogP contribution in [0.4, 0.5) is 0 Å². The Morgan fingerprint density at radius 3 is 2.92 bits per heavy atom. The van der Waals surface area contributed by atoms with Gasteiger partial charge >= 0.3 is 0 Å². The molecule has 1 amide bonds. The van der Waals surface area contributed by atoms with E-state index in [0.29, 0.717) is 5.69 Å². The lowest BCUT2D eigenvalue weighted by molar-refractivity contribution is 0.0935. The highest BCUT2D eigenvalue weighted by atomic mass is 32.1. The smallest absolute Gasteiger partial charge is 0.268 e. The lowest BCUT2D eigenvalue weighted by Crippen LogP contribution is -2.32. The first kappa shape index (κ1) is 9.98. The first-order chi connectivity index (χ1) is 6.13. The van der Waals surface area contributed by atoms with Gasteiger partial charge in [-0.1, -0.05) is 6.92 Å². The predicted octanol–water partition coefficient (Wildman–Crippen LogP) is 0.965. The molecule has 2 N–H and O–H groups in total. The fourth-order valence-electron chi connectivity index (χ4n) is 0.798. The quantitative estimate of drug-likeness (QED) is 0.763. The summed E-state index contributed by atoms with van der Waals surface area (Å²) in [6, 6.07) is 1.44. The summed E-state index contributed by atoms with van der Waals surface area (Å²) >= 11 is 0.926. The van der Waals surface area contributed by atoms with Gasteiger partial charge in [-0.25, -0.2) is 0 Å². The topological polar surface area (TPSA) is 62.0 Å². The maximum Gasteiger partial charge on any atom is 0.268 e. The number of aromatic nitrogens is 1. The molecule has 5 heteroatoms. The van der Waals surface area contributed by atoms with E-state index < -0.39 is 0 Å². The summed E-state index contributed by atoms with van der Waals surface area (Å²) in [5, 5.41) is 2.76. The molecule has 1 aromatic rings. The Morgan fingerprint density at radius 1 is 1.77 bits per heavy atom. The van der Waals surface area contributed by atoms with E-state index in [2.05, 4.69) is 9.69 Å². The molecule has 72 valence electrons. The van der Waals surface area contributed by atoms with Gasteiger partial charge < -0.3 is 9.69 Å². The normalized spacial score (nSPS) is 12.5. The third kappa shape index (κ3) is 2.69. The SMILES string of the molecule is CCC(C)NC(=O)c1cc(=O)s[nH]1. The van der Waals surface area contributed by atoms with Gasteiger partial charge in [0.25, 0.3) is 5.91 Å². The Kier molecular flexibility index (Phi) is 3.25. The monoisotopic (exact) mass is 200 g/mol. The molecule has 0 saturated heterocycles. The number of carbonyl (C=O) groups is 1. The predicted molar refractivity (Wildman–Crippen MR) is 52.2 cm³/mol. The summed E-state index contributed by atoms with van der Waals surface area (Å²) in [4.78, 5) is 22.1. The highest BCUT2D eigenvalue weighted by Gasteiger charge is 2.09.